The summed E-state index contributed by atoms with van der Waals surface area (Å²) in [5, 5.41) is 4.85. The molecule has 0 saturated carbocycles. The summed E-state index contributed by atoms with van der Waals surface area (Å²) in [5.41, 5.74) is 2.02. The molecular weight excluding hydrogens is 405 g/mol. The Bertz CT molecular complexity index is 1420. The van der Waals surface area contributed by atoms with Crippen molar-refractivity contribution in [1.29, 1.82) is 0 Å². The summed E-state index contributed by atoms with van der Waals surface area (Å²) in [4.78, 5) is 17.4. The van der Waals surface area contributed by atoms with E-state index in [-0.39, 0.29) is 19.1 Å². The predicted octanol–water partition coefficient (Wildman–Crippen LogP) is 5.55. The lowest BCUT2D eigenvalue weighted by atomic mass is 10.1. The van der Waals surface area contributed by atoms with Crippen molar-refractivity contribution >= 4 is 33.4 Å². The first-order valence-electron chi connectivity index (χ1n) is 10.3. The number of aromatic nitrogens is 2. The zero-order chi connectivity index (χ0) is 21.9. The molecule has 4 aromatic carbocycles. The van der Waals surface area contributed by atoms with Gasteiger partial charge in [-0.3, -0.25) is 4.79 Å². The summed E-state index contributed by atoms with van der Waals surface area (Å²) in [6.07, 6.45) is 0. The number of nitrogens with one attached hydrogen (secondary N) is 1. The number of carbonyl (C=O) groups excluding carboxylic acids is 1. The van der Waals surface area contributed by atoms with Crippen LogP contribution in [0.5, 0.6) is 5.75 Å². The lowest BCUT2D eigenvalue weighted by Gasteiger charge is -2.12. The minimum absolute atomic E-state index is 0.0330. The molecule has 1 aromatic heterocycles. The van der Waals surface area contributed by atoms with Gasteiger partial charge in [0.1, 0.15) is 30.5 Å². The molecule has 5 nitrogen and oxygen atoms in total. The quantitative estimate of drug-likeness (QED) is 0.388. The number of ether oxygens (including phenoxy) is 1. The summed E-state index contributed by atoms with van der Waals surface area (Å²) in [6.45, 7) is 0.237. The van der Waals surface area contributed by atoms with E-state index < -0.39 is 5.82 Å². The maximum Gasteiger partial charge on any atom is 0.244 e. The number of hydrogen-bond donors (Lipinski definition) is 1. The average Bonchev–Trinajstić information content (AvgIpc) is 3.15. The van der Waals surface area contributed by atoms with Crippen molar-refractivity contribution in [3.8, 4) is 5.75 Å². The highest BCUT2D eigenvalue weighted by Gasteiger charge is 2.15. The molecule has 32 heavy (non-hydrogen) atoms. The second-order valence-electron chi connectivity index (χ2n) is 7.43. The standard InChI is InChI=1S/C26H20FN3O2/c27-19-9-6-10-20(15-19)28-26(31)16-30-23-13-4-3-12-22(23)29-25(30)17-32-24-14-5-8-18-7-1-2-11-21(18)24/h1-15H,16-17H2,(H,28,31). The fourth-order valence-electron chi connectivity index (χ4n) is 3.79. The number of para-hydroxylation sites is 2. The molecule has 158 valence electrons. The number of carbonyl (C=O) groups is 1. The molecular formula is C26H20FN3O2. The molecule has 0 aliphatic carbocycles. The Balaban J connectivity index is 1.42. The van der Waals surface area contributed by atoms with Gasteiger partial charge in [-0.25, -0.2) is 9.37 Å². The van der Waals surface area contributed by atoms with Gasteiger partial charge in [0.15, 0.2) is 0 Å². The van der Waals surface area contributed by atoms with Crippen molar-refractivity contribution in [3.63, 3.8) is 0 Å². The SMILES string of the molecule is O=C(Cn1c(COc2cccc3ccccc23)nc2ccccc21)Nc1cccc(F)c1. The number of amides is 1. The van der Waals surface area contributed by atoms with Crippen molar-refractivity contribution in [2.45, 2.75) is 13.2 Å². The number of benzene rings is 4. The molecule has 1 amide bonds. The number of imidazole rings is 1. The molecule has 0 radical (unpaired) electrons. The van der Waals surface area contributed by atoms with Crippen LogP contribution in [0.15, 0.2) is 91.0 Å². The van der Waals surface area contributed by atoms with Crippen LogP contribution < -0.4 is 10.1 Å². The molecule has 0 spiro atoms. The Hall–Kier alpha value is -4.19. The largest absolute Gasteiger partial charge is 0.485 e. The lowest BCUT2D eigenvalue weighted by Crippen LogP contribution is -2.20. The molecule has 0 saturated heterocycles. The number of fused-ring (bicyclic) bond motifs is 2. The van der Waals surface area contributed by atoms with Crippen LogP contribution in [0.4, 0.5) is 10.1 Å². The van der Waals surface area contributed by atoms with Crippen LogP contribution in [0, 0.1) is 5.82 Å². The molecule has 5 rings (SSSR count). The molecule has 5 aromatic rings. The summed E-state index contributed by atoms with van der Waals surface area (Å²) >= 11 is 0. The number of rotatable bonds is 6. The van der Waals surface area contributed by atoms with Crippen molar-refractivity contribution in [2.24, 2.45) is 0 Å². The first-order chi connectivity index (χ1) is 15.7. The number of halogens is 1. The van der Waals surface area contributed by atoms with E-state index >= 15 is 0 Å². The van der Waals surface area contributed by atoms with Crippen LogP contribution in [-0.2, 0) is 17.9 Å². The summed E-state index contributed by atoms with van der Waals surface area (Å²) in [6, 6.07) is 27.4. The van der Waals surface area contributed by atoms with Crippen LogP contribution in [-0.4, -0.2) is 15.5 Å². The van der Waals surface area contributed by atoms with Gasteiger partial charge >= 0.3 is 0 Å². The van der Waals surface area contributed by atoms with Crippen LogP contribution >= 0.6 is 0 Å². The number of anilines is 1. The monoisotopic (exact) mass is 425 g/mol. The second kappa shape index (κ2) is 8.51. The Morgan fingerprint density at radius 1 is 0.938 bits per heavy atom. The first-order valence-corrected chi connectivity index (χ1v) is 10.3. The van der Waals surface area contributed by atoms with Gasteiger partial charge in [-0.1, -0.05) is 54.6 Å². The lowest BCUT2D eigenvalue weighted by molar-refractivity contribution is -0.116. The molecule has 0 fully saturated rings. The normalized spacial score (nSPS) is 11.0. The van der Waals surface area contributed by atoms with E-state index in [0.29, 0.717) is 11.5 Å². The zero-order valence-electron chi connectivity index (χ0n) is 17.2. The summed E-state index contributed by atoms with van der Waals surface area (Å²) in [7, 11) is 0. The minimum atomic E-state index is -0.403. The maximum atomic E-state index is 13.5. The van der Waals surface area contributed by atoms with Gasteiger partial charge in [0.05, 0.1) is 11.0 Å². The third-order valence-corrected chi connectivity index (χ3v) is 5.25. The molecule has 1 heterocycles. The van der Waals surface area contributed by atoms with Gasteiger partial charge in [0.2, 0.25) is 5.91 Å². The Morgan fingerprint density at radius 3 is 2.62 bits per heavy atom. The third-order valence-electron chi connectivity index (χ3n) is 5.25. The van der Waals surface area contributed by atoms with Crippen LogP contribution in [0.2, 0.25) is 0 Å². The number of nitrogens with zero attached hydrogens (tertiary/aromatic N) is 2. The van der Waals surface area contributed by atoms with Gasteiger partial charge in [0, 0.05) is 11.1 Å². The average molecular weight is 425 g/mol. The van der Waals surface area contributed by atoms with E-state index in [2.05, 4.69) is 10.3 Å². The Kier molecular flexibility index (Phi) is 5.25. The van der Waals surface area contributed by atoms with Gasteiger partial charge in [-0.15, -0.1) is 0 Å². The van der Waals surface area contributed by atoms with E-state index in [1.54, 1.807) is 12.1 Å². The highest BCUT2D eigenvalue weighted by molar-refractivity contribution is 5.92. The molecule has 1 N–H and O–H groups in total. The fourth-order valence-corrected chi connectivity index (χ4v) is 3.79. The van der Waals surface area contributed by atoms with Gasteiger partial charge in [-0.05, 0) is 41.8 Å². The van der Waals surface area contributed by atoms with Crippen LogP contribution in [0.3, 0.4) is 0 Å². The predicted molar refractivity (Wildman–Crippen MR) is 123 cm³/mol. The van der Waals surface area contributed by atoms with E-state index in [1.165, 1.54) is 12.1 Å². The van der Waals surface area contributed by atoms with E-state index in [0.717, 1.165) is 27.6 Å². The van der Waals surface area contributed by atoms with Crippen molar-refractivity contribution in [3.05, 3.63) is 103 Å². The topological polar surface area (TPSA) is 56.2 Å². The van der Waals surface area contributed by atoms with Crippen LogP contribution in [0.1, 0.15) is 5.82 Å². The van der Waals surface area contributed by atoms with Gasteiger partial charge in [-0.2, -0.15) is 0 Å². The third kappa shape index (κ3) is 4.03. The fraction of sp³-hybridized carbons (Fsp3) is 0.0769. The molecule has 0 aliphatic rings. The zero-order valence-corrected chi connectivity index (χ0v) is 17.2. The van der Waals surface area contributed by atoms with Crippen molar-refractivity contribution in [1.82, 2.24) is 9.55 Å². The molecule has 6 heteroatoms. The molecule has 0 atom stereocenters. The molecule has 0 unspecified atom stereocenters. The van der Waals surface area contributed by atoms with E-state index in [9.17, 15) is 9.18 Å². The molecule has 0 bridgehead atoms. The Labute approximate surface area is 184 Å². The van der Waals surface area contributed by atoms with Crippen molar-refractivity contribution < 1.29 is 13.9 Å². The Morgan fingerprint density at radius 2 is 1.72 bits per heavy atom. The van der Waals surface area contributed by atoms with Gasteiger partial charge in [0.25, 0.3) is 0 Å². The minimum Gasteiger partial charge on any atom is -0.485 e. The van der Waals surface area contributed by atoms with E-state index in [1.807, 2.05) is 71.3 Å². The molecule has 0 aliphatic heterocycles. The summed E-state index contributed by atoms with van der Waals surface area (Å²) in [5.74, 6) is 0.713. The first kappa shape index (κ1) is 19.8. The van der Waals surface area contributed by atoms with Crippen molar-refractivity contribution in [2.75, 3.05) is 5.32 Å². The number of hydrogen-bond acceptors (Lipinski definition) is 3. The summed E-state index contributed by atoms with van der Waals surface area (Å²) < 4.78 is 21.4. The van der Waals surface area contributed by atoms with E-state index in [4.69, 9.17) is 4.74 Å². The maximum absolute atomic E-state index is 13.5. The highest BCUT2D eigenvalue weighted by atomic mass is 19.1. The second-order valence-corrected chi connectivity index (χ2v) is 7.43. The highest BCUT2D eigenvalue weighted by Crippen LogP contribution is 2.26. The van der Waals surface area contributed by atoms with Crippen LogP contribution in [0.25, 0.3) is 21.8 Å². The van der Waals surface area contributed by atoms with Gasteiger partial charge < -0.3 is 14.6 Å². The smallest absolute Gasteiger partial charge is 0.244 e.